The lowest BCUT2D eigenvalue weighted by molar-refractivity contribution is -0.149. The number of ether oxygens (including phenoxy) is 2. The second kappa shape index (κ2) is 34.0. The van der Waals surface area contributed by atoms with Gasteiger partial charge in [-0.15, -0.1) is 0 Å². The summed E-state index contributed by atoms with van der Waals surface area (Å²) < 4.78 is 12.2. The molecule has 1 saturated heterocycles. The number of primary amides is 1. The Morgan fingerprint density at radius 1 is 0.725 bits per heavy atom. The number of likely N-dealkylation sites (N-methyl/N-ethyl adjacent to an activating group) is 2. The van der Waals surface area contributed by atoms with Crippen molar-refractivity contribution >= 4 is 47.0 Å². The lowest BCUT2D eigenvalue weighted by Gasteiger charge is -2.41. The predicted molar refractivity (Wildman–Crippen MR) is 313 cm³/mol. The zero-order valence-electron chi connectivity index (χ0n) is 50.8. The minimum Gasteiger partial charge on any atom is -0.379 e. The molecule has 0 radical (unpaired) electrons. The number of urea groups is 1. The van der Waals surface area contributed by atoms with Gasteiger partial charge in [-0.3, -0.25) is 38.5 Å². The Morgan fingerprint density at radius 3 is 1.91 bits per heavy atom. The number of nitrogens with one attached hydrogen (secondary N) is 3. The molecule has 80 heavy (non-hydrogen) atoms. The summed E-state index contributed by atoms with van der Waals surface area (Å²) in [6.07, 6.45) is 2.41. The number of carbonyl (C=O) groups excluding carboxylic acids is 8. The number of carbonyl (C=O) groups is 8. The first-order valence-corrected chi connectivity index (χ1v) is 29.1. The van der Waals surface area contributed by atoms with E-state index in [0.717, 1.165) is 23.1 Å². The maximum Gasteiger partial charge on any atom is 0.312 e. The minimum atomic E-state index is -0.807. The SMILES string of the molecule is CC[C@H](C)C(C(CC(=O)N1CCCC1C(OC)C(C)C(=O)C[C@@H](Cc1ccccc1)C(=O)NCCc1ccc(CC(=O)[C@@H](CCCNC(N)=O)NC(=O)[C@H](N)C(C)C)cc1)OC)N(C)C(=O)[C@@H](CC(=O)C(C(C)C)N(C)C)C(C)C. The van der Waals surface area contributed by atoms with Crippen LogP contribution in [0.4, 0.5) is 4.79 Å². The Balaban J connectivity index is 1.73. The molecule has 6 unspecified atom stereocenters. The fourth-order valence-electron chi connectivity index (χ4n) is 11.4. The zero-order valence-corrected chi connectivity index (χ0v) is 50.8. The van der Waals surface area contributed by atoms with Crippen LogP contribution in [-0.4, -0.2) is 159 Å². The van der Waals surface area contributed by atoms with Crippen LogP contribution in [-0.2, 0) is 62.3 Å². The number of nitrogens with zero attached hydrogens (tertiary/aromatic N) is 3. The molecule has 448 valence electrons. The number of likely N-dealkylation sites (tertiary alicyclic amines) is 1. The molecule has 7 N–H and O–H groups in total. The molecule has 3 rings (SSSR count). The van der Waals surface area contributed by atoms with E-state index in [1.54, 1.807) is 31.1 Å². The van der Waals surface area contributed by atoms with Crippen molar-refractivity contribution in [2.75, 3.05) is 55.0 Å². The molecular weight excluding hydrogens is 1020 g/mol. The first kappa shape index (κ1) is 68.7. The summed E-state index contributed by atoms with van der Waals surface area (Å²) in [5, 5.41) is 8.37. The van der Waals surface area contributed by atoms with E-state index in [-0.39, 0.29) is 97.0 Å². The topological polar surface area (TPSA) is 253 Å². The molecule has 18 nitrogen and oxygen atoms in total. The first-order chi connectivity index (χ1) is 37.8. The molecular formula is C62H100N8O10. The van der Waals surface area contributed by atoms with Crippen LogP contribution in [0.5, 0.6) is 0 Å². The molecule has 1 heterocycles. The van der Waals surface area contributed by atoms with Crippen LogP contribution in [0.15, 0.2) is 54.6 Å². The molecule has 2 aromatic rings. The van der Waals surface area contributed by atoms with Gasteiger partial charge in [-0.2, -0.15) is 0 Å². The molecule has 1 aliphatic heterocycles. The Labute approximate surface area is 478 Å². The van der Waals surface area contributed by atoms with Gasteiger partial charge in [0.1, 0.15) is 5.78 Å². The summed E-state index contributed by atoms with van der Waals surface area (Å²) in [4.78, 5) is 114. The number of nitrogens with two attached hydrogens (primary N) is 2. The maximum absolute atomic E-state index is 14.6. The minimum absolute atomic E-state index is 0.00115. The number of hydrogen-bond donors (Lipinski definition) is 5. The van der Waals surface area contributed by atoms with Crippen LogP contribution in [0.2, 0.25) is 0 Å². The lowest BCUT2D eigenvalue weighted by Crippen LogP contribution is -2.54. The highest BCUT2D eigenvalue weighted by Gasteiger charge is 2.44. The molecule has 1 aliphatic rings. The lowest BCUT2D eigenvalue weighted by atomic mass is 9.83. The average molecular weight is 1120 g/mol. The summed E-state index contributed by atoms with van der Waals surface area (Å²) in [6, 6.07) is 13.6. The van der Waals surface area contributed by atoms with Crippen LogP contribution in [0.3, 0.4) is 0 Å². The molecule has 0 aromatic heterocycles. The number of benzene rings is 2. The molecule has 0 spiro atoms. The monoisotopic (exact) mass is 1120 g/mol. The van der Waals surface area contributed by atoms with Crippen LogP contribution in [0.1, 0.15) is 130 Å². The van der Waals surface area contributed by atoms with Gasteiger partial charge in [-0.25, -0.2) is 4.79 Å². The van der Waals surface area contributed by atoms with Gasteiger partial charge in [-0.1, -0.05) is 123 Å². The summed E-state index contributed by atoms with van der Waals surface area (Å²) in [6.45, 7) is 18.5. The number of rotatable bonds is 36. The van der Waals surface area contributed by atoms with Gasteiger partial charge in [0.15, 0.2) is 11.6 Å². The van der Waals surface area contributed by atoms with Gasteiger partial charge in [0.05, 0.1) is 48.8 Å². The molecule has 18 heteroatoms. The molecule has 0 bridgehead atoms. The van der Waals surface area contributed by atoms with Crippen molar-refractivity contribution in [2.24, 2.45) is 52.9 Å². The number of hydrogen-bond acceptors (Lipinski definition) is 12. The van der Waals surface area contributed by atoms with E-state index in [1.807, 2.05) is 129 Å². The van der Waals surface area contributed by atoms with Crippen molar-refractivity contribution in [1.82, 2.24) is 30.7 Å². The van der Waals surface area contributed by atoms with Crippen LogP contribution < -0.4 is 27.4 Å². The smallest absolute Gasteiger partial charge is 0.312 e. The molecule has 0 aliphatic carbocycles. The van der Waals surface area contributed by atoms with Gasteiger partial charge < -0.3 is 46.7 Å². The van der Waals surface area contributed by atoms with Gasteiger partial charge in [0.25, 0.3) is 0 Å². The second-order valence-electron chi connectivity index (χ2n) is 23.6. The fourth-order valence-corrected chi connectivity index (χ4v) is 11.4. The third-order valence-electron chi connectivity index (χ3n) is 16.4. The molecule has 2 aromatic carbocycles. The van der Waals surface area contributed by atoms with Crippen molar-refractivity contribution in [2.45, 2.75) is 175 Å². The number of methoxy groups -OCH3 is 2. The van der Waals surface area contributed by atoms with E-state index in [1.165, 1.54) is 0 Å². The van der Waals surface area contributed by atoms with Gasteiger partial charge in [0, 0.05) is 77.9 Å². The number of amides is 6. The predicted octanol–water partition coefficient (Wildman–Crippen LogP) is 5.93. The van der Waals surface area contributed by atoms with Crippen LogP contribution in [0.25, 0.3) is 0 Å². The molecule has 0 saturated carbocycles. The van der Waals surface area contributed by atoms with E-state index >= 15 is 0 Å². The second-order valence-corrected chi connectivity index (χ2v) is 23.6. The van der Waals surface area contributed by atoms with Crippen molar-refractivity contribution in [3.63, 3.8) is 0 Å². The van der Waals surface area contributed by atoms with E-state index < -0.39 is 66.1 Å². The van der Waals surface area contributed by atoms with Crippen molar-refractivity contribution in [3.05, 3.63) is 71.3 Å². The van der Waals surface area contributed by atoms with Crippen LogP contribution in [0, 0.1) is 41.4 Å². The molecule has 1 fully saturated rings. The van der Waals surface area contributed by atoms with Gasteiger partial charge >= 0.3 is 6.03 Å². The van der Waals surface area contributed by atoms with E-state index in [2.05, 4.69) is 22.9 Å². The average Bonchev–Trinajstić information content (AvgIpc) is 3.90. The maximum atomic E-state index is 14.6. The fraction of sp³-hybridized carbons (Fsp3) is 0.677. The summed E-state index contributed by atoms with van der Waals surface area (Å²) in [5.41, 5.74) is 13.8. The van der Waals surface area contributed by atoms with Gasteiger partial charge in [0.2, 0.25) is 23.6 Å². The molecule has 6 amide bonds. The Bertz CT molecular complexity index is 2290. The van der Waals surface area contributed by atoms with Crippen molar-refractivity contribution in [1.29, 1.82) is 0 Å². The van der Waals surface area contributed by atoms with E-state index in [0.29, 0.717) is 51.6 Å². The largest absolute Gasteiger partial charge is 0.379 e. The standard InChI is InChI=1S/C62H100N8O10/c1-15-41(8)57(69(12)61(77)47(38(2)3)36-52(73)56(40(6)7)68(10)11)53(79-13)37-54(74)70-32-20-24-49(70)58(80-14)42(9)50(71)35-46(33-44-21-17-16-18-22-44)59(75)65-31-29-43-25-27-45(28-26-43)34-51(72)48(23-19-30-66-62(64)78)67-60(76)55(63)39(4)5/h16-18,21-22,25-28,38-42,46-49,53,55-58H,15,19-20,23-24,29-37,63H2,1-14H3,(H,65,75)(H,67,76)(H3,64,66,78)/t41-,42?,46+,47-,48+,49?,53?,55+,56?,57?,58?/m0/s1. The summed E-state index contributed by atoms with van der Waals surface area (Å²) in [5.74, 6) is -3.41. The normalized spacial score (nSPS) is 17.4. The zero-order chi connectivity index (χ0) is 60.0. The summed E-state index contributed by atoms with van der Waals surface area (Å²) >= 11 is 0. The Kier molecular flexibility index (Phi) is 29.2. The summed E-state index contributed by atoms with van der Waals surface area (Å²) in [7, 11) is 8.66. The van der Waals surface area contributed by atoms with Crippen molar-refractivity contribution in [3.8, 4) is 0 Å². The van der Waals surface area contributed by atoms with E-state index in [4.69, 9.17) is 20.9 Å². The number of Topliss-reactive ketones (excluding diaryl/α,β-unsaturated/α-hetero) is 3. The van der Waals surface area contributed by atoms with Crippen molar-refractivity contribution < 1.29 is 47.8 Å². The highest BCUT2D eigenvalue weighted by molar-refractivity contribution is 5.92. The highest BCUT2D eigenvalue weighted by atomic mass is 16.5. The van der Waals surface area contributed by atoms with E-state index in [9.17, 15) is 38.4 Å². The first-order valence-electron chi connectivity index (χ1n) is 29.1. The third-order valence-corrected chi connectivity index (χ3v) is 16.4. The molecule has 11 atom stereocenters. The number of ketones is 3. The Hall–Kier alpha value is -5.56. The van der Waals surface area contributed by atoms with Crippen LogP contribution >= 0.6 is 0 Å². The third kappa shape index (κ3) is 20.8. The Morgan fingerprint density at radius 2 is 1.36 bits per heavy atom. The quantitative estimate of drug-likeness (QED) is 0.0498. The highest BCUT2D eigenvalue weighted by Crippen LogP contribution is 2.32. The van der Waals surface area contributed by atoms with Gasteiger partial charge in [-0.05, 0) is 93.0 Å².